The second-order valence-electron chi connectivity index (χ2n) is 3.42. The molecule has 1 N–H and O–H groups in total. The fourth-order valence-electron chi connectivity index (χ4n) is 1.25. The minimum atomic E-state index is 0.908. The summed E-state index contributed by atoms with van der Waals surface area (Å²) < 4.78 is 0. The average Bonchev–Trinajstić information content (AvgIpc) is 2.42. The molecule has 0 unspecified atom stereocenters. The van der Waals surface area contributed by atoms with E-state index in [9.17, 15) is 0 Å². The van der Waals surface area contributed by atoms with Crippen molar-refractivity contribution in [3.8, 4) is 0 Å². The molecule has 0 saturated carbocycles. The van der Waals surface area contributed by atoms with E-state index < -0.39 is 0 Å². The summed E-state index contributed by atoms with van der Waals surface area (Å²) in [5, 5.41) is 6.69. The summed E-state index contributed by atoms with van der Waals surface area (Å²) in [7, 11) is 0. The molecule has 0 atom stereocenters. The Bertz CT molecular complexity index is 268. The average molecular weight is 214 g/mol. The van der Waals surface area contributed by atoms with Crippen molar-refractivity contribution in [1.29, 1.82) is 0 Å². The summed E-state index contributed by atoms with van der Waals surface area (Å²) in [6, 6.07) is 0. The van der Waals surface area contributed by atoms with Gasteiger partial charge in [-0.2, -0.15) is 11.8 Å². The van der Waals surface area contributed by atoms with Gasteiger partial charge in [-0.05, 0) is 31.7 Å². The van der Waals surface area contributed by atoms with Crippen LogP contribution in [0.3, 0.4) is 0 Å². The number of thioether (sulfide) groups is 1. The molecule has 2 heterocycles. The van der Waals surface area contributed by atoms with Gasteiger partial charge < -0.3 is 5.32 Å². The van der Waals surface area contributed by atoms with Gasteiger partial charge in [-0.15, -0.1) is 11.3 Å². The van der Waals surface area contributed by atoms with Gasteiger partial charge in [0.05, 0.1) is 0 Å². The van der Waals surface area contributed by atoms with Crippen molar-refractivity contribution in [3.63, 3.8) is 0 Å². The smallest absolute Gasteiger partial charge is 0.103 e. The first kappa shape index (κ1) is 9.49. The van der Waals surface area contributed by atoms with Crippen LogP contribution in [0.5, 0.6) is 0 Å². The highest BCUT2D eigenvalue weighted by molar-refractivity contribution is 7.98. The van der Waals surface area contributed by atoms with E-state index in [4.69, 9.17) is 0 Å². The first-order chi connectivity index (χ1) is 6.34. The number of nitrogens with zero attached hydrogens (tertiary/aromatic N) is 1. The van der Waals surface area contributed by atoms with E-state index in [0.717, 1.165) is 17.4 Å². The van der Waals surface area contributed by atoms with Crippen LogP contribution in [-0.2, 0) is 5.75 Å². The standard InChI is InChI=1S/C9H14N2S2/c1-7-4-13-9(11-7)6-12-5-8-2-10-3-8/h4,8,10H,2-3,5-6H2,1H3. The van der Waals surface area contributed by atoms with Crippen LogP contribution < -0.4 is 5.32 Å². The molecule has 4 heteroatoms. The molecule has 0 radical (unpaired) electrons. The second kappa shape index (κ2) is 4.44. The van der Waals surface area contributed by atoms with Crippen LogP contribution in [0.25, 0.3) is 0 Å². The van der Waals surface area contributed by atoms with Crippen LogP contribution in [0.4, 0.5) is 0 Å². The molecule has 13 heavy (non-hydrogen) atoms. The molecular weight excluding hydrogens is 200 g/mol. The van der Waals surface area contributed by atoms with Crippen molar-refractivity contribution < 1.29 is 0 Å². The highest BCUT2D eigenvalue weighted by Crippen LogP contribution is 2.19. The summed E-state index contributed by atoms with van der Waals surface area (Å²) in [6.07, 6.45) is 0. The minimum Gasteiger partial charge on any atom is -0.316 e. The molecule has 0 aromatic carbocycles. The largest absolute Gasteiger partial charge is 0.316 e. The first-order valence-electron chi connectivity index (χ1n) is 4.54. The zero-order chi connectivity index (χ0) is 9.10. The Morgan fingerprint density at radius 1 is 1.69 bits per heavy atom. The van der Waals surface area contributed by atoms with Crippen LogP contribution in [0.2, 0.25) is 0 Å². The molecule has 0 bridgehead atoms. The Labute approximate surface area is 87.1 Å². The Morgan fingerprint density at radius 3 is 3.08 bits per heavy atom. The Hall–Kier alpha value is -0.0600. The van der Waals surface area contributed by atoms with Crippen molar-refractivity contribution in [2.24, 2.45) is 5.92 Å². The Kier molecular flexibility index (Phi) is 3.24. The molecule has 1 aromatic heterocycles. The fraction of sp³-hybridized carbons (Fsp3) is 0.667. The van der Waals surface area contributed by atoms with Crippen LogP contribution in [-0.4, -0.2) is 23.8 Å². The molecular formula is C9H14N2S2. The van der Waals surface area contributed by atoms with Gasteiger partial charge in [0.25, 0.3) is 0 Å². The maximum absolute atomic E-state index is 4.43. The lowest BCUT2D eigenvalue weighted by Gasteiger charge is -2.26. The van der Waals surface area contributed by atoms with Crippen molar-refractivity contribution >= 4 is 23.1 Å². The molecule has 1 aliphatic rings. The Balaban J connectivity index is 1.67. The monoisotopic (exact) mass is 214 g/mol. The molecule has 2 nitrogen and oxygen atoms in total. The van der Waals surface area contributed by atoms with Gasteiger partial charge in [0, 0.05) is 16.8 Å². The lowest BCUT2D eigenvalue weighted by molar-refractivity contribution is 0.385. The molecule has 0 amide bonds. The third-order valence-corrected chi connectivity index (χ3v) is 4.45. The number of aromatic nitrogens is 1. The maximum atomic E-state index is 4.43. The van der Waals surface area contributed by atoms with Crippen molar-refractivity contribution in [3.05, 3.63) is 16.1 Å². The van der Waals surface area contributed by atoms with Crippen LogP contribution in [0.1, 0.15) is 10.7 Å². The summed E-state index contributed by atoms with van der Waals surface area (Å²) in [4.78, 5) is 4.43. The van der Waals surface area contributed by atoms with Gasteiger partial charge >= 0.3 is 0 Å². The highest BCUT2D eigenvalue weighted by atomic mass is 32.2. The van der Waals surface area contributed by atoms with Crippen LogP contribution in [0.15, 0.2) is 5.38 Å². The maximum Gasteiger partial charge on any atom is 0.103 e. The van der Waals surface area contributed by atoms with E-state index in [1.54, 1.807) is 11.3 Å². The number of rotatable bonds is 4. The third kappa shape index (κ3) is 2.69. The molecule has 72 valence electrons. The van der Waals surface area contributed by atoms with Crippen molar-refractivity contribution in [2.75, 3.05) is 18.8 Å². The number of nitrogens with one attached hydrogen (secondary N) is 1. The van der Waals surface area contributed by atoms with Gasteiger partial charge in [0.2, 0.25) is 0 Å². The number of hydrogen-bond acceptors (Lipinski definition) is 4. The van der Waals surface area contributed by atoms with Crippen LogP contribution in [0, 0.1) is 12.8 Å². The zero-order valence-corrected chi connectivity index (χ0v) is 9.38. The number of hydrogen-bond donors (Lipinski definition) is 1. The summed E-state index contributed by atoms with van der Waals surface area (Å²) in [6.45, 7) is 4.48. The molecule has 1 saturated heterocycles. The van der Waals surface area contributed by atoms with E-state index in [2.05, 4.69) is 22.6 Å². The van der Waals surface area contributed by atoms with E-state index >= 15 is 0 Å². The summed E-state index contributed by atoms with van der Waals surface area (Å²) >= 11 is 3.79. The lowest BCUT2D eigenvalue weighted by atomic mass is 10.1. The quantitative estimate of drug-likeness (QED) is 0.828. The van der Waals surface area contributed by atoms with Gasteiger partial charge in [-0.25, -0.2) is 4.98 Å². The molecule has 1 aromatic rings. The summed E-state index contributed by atoms with van der Waals surface area (Å²) in [5.74, 6) is 3.28. The predicted octanol–water partition coefficient (Wildman–Crippen LogP) is 1.90. The van der Waals surface area contributed by atoms with Crippen molar-refractivity contribution in [2.45, 2.75) is 12.7 Å². The molecule has 1 fully saturated rings. The van der Waals surface area contributed by atoms with Crippen molar-refractivity contribution in [1.82, 2.24) is 10.3 Å². The van der Waals surface area contributed by atoms with Crippen LogP contribution >= 0.6 is 23.1 Å². The summed E-state index contributed by atoms with van der Waals surface area (Å²) in [5.41, 5.74) is 1.16. The van der Waals surface area contributed by atoms with E-state index in [0.29, 0.717) is 0 Å². The number of aryl methyl sites for hydroxylation is 1. The SMILES string of the molecule is Cc1csc(CSCC2CNC2)n1. The fourth-order valence-corrected chi connectivity index (χ4v) is 3.25. The predicted molar refractivity (Wildman–Crippen MR) is 59.4 cm³/mol. The van der Waals surface area contributed by atoms with Gasteiger partial charge in [0.1, 0.15) is 5.01 Å². The number of thiazole rings is 1. The second-order valence-corrected chi connectivity index (χ2v) is 5.39. The minimum absolute atomic E-state index is 0.908. The van der Waals surface area contributed by atoms with E-state index in [1.807, 2.05) is 11.8 Å². The zero-order valence-electron chi connectivity index (χ0n) is 7.75. The van der Waals surface area contributed by atoms with E-state index in [1.165, 1.54) is 23.8 Å². The molecule has 0 aliphatic carbocycles. The van der Waals surface area contributed by atoms with Gasteiger partial charge in [0.15, 0.2) is 0 Å². The van der Waals surface area contributed by atoms with E-state index in [-0.39, 0.29) is 0 Å². The molecule has 1 aliphatic heterocycles. The molecule has 2 rings (SSSR count). The topological polar surface area (TPSA) is 24.9 Å². The van der Waals surface area contributed by atoms with Gasteiger partial charge in [-0.3, -0.25) is 0 Å². The first-order valence-corrected chi connectivity index (χ1v) is 6.57. The normalized spacial score (nSPS) is 17.3. The lowest BCUT2D eigenvalue weighted by Crippen LogP contribution is -2.43. The van der Waals surface area contributed by atoms with Gasteiger partial charge in [-0.1, -0.05) is 0 Å². The third-order valence-electron chi connectivity index (χ3n) is 2.11. The Morgan fingerprint density at radius 2 is 2.54 bits per heavy atom. The highest BCUT2D eigenvalue weighted by Gasteiger charge is 2.16. The molecule has 0 spiro atoms.